The number of hydrogen-bond donors (Lipinski definition) is 1. The number of furan rings is 1. The van der Waals surface area contributed by atoms with E-state index >= 15 is 0 Å². The highest BCUT2D eigenvalue weighted by molar-refractivity contribution is 5.91. The van der Waals surface area contributed by atoms with Crippen LogP contribution in [0.25, 0.3) is 0 Å². The monoisotopic (exact) mass is 286 g/mol. The molecule has 5 heteroatoms. The summed E-state index contributed by atoms with van der Waals surface area (Å²) in [6, 6.07) is 4.65. The van der Waals surface area contributed by atoms with Crippen LogP contribution in [-0.2, 0) is 0 Å². The highest BCUT2D eigenvalue weighted by Crippen LogP contribution is 2.21. The van der Waals surface area contributed by atoms with E-state index in [0.717, 1.165) is 6.54 Å². The summed E-state index contributed by atoms with van der Waals surface area (Å²) in [6.07, 6.45) is 5.36. The average Bonchev–Trinajstić information content (AvgIpc) is 2.86. The number of rotatable bonds is 4. The lowest BCUT2D eigenvalue weighted by molar-refractivity contribution is 0.0867. The number of carbonyl (C=O) groups excluding carboxylic acids is 1. The van der Waals surface area contributed by atoms with Gasteiger partial charge in [-0.3, -0.25) is 9.69 Å². The zero-order chi connectivity index (χ0) is 13.0. The van der Waals surface area contributed by atoms with Crippen molar-refractivity contribution in [3.8, 4) is 0 Å². The molecule has 1 amide bonds. The van der Waals surface area contributed by atoms with Crippen LogP contribution in [0.1, 0.15) is 43.7 Å². The first kappa shape index (κ1) is 16.1. The van der Waals surface area contributed by atoms with E-state index in [1.807, 2.05) is 0 Å². The molecule has 2 atom stereocenters. The van der Waals surface area contributed by atoms with E-state index in [4.69, 9.17) is 4.42 Å². The fourth-order valence-electron chi connectivity index (χ4n) is 2.71. The summed E-state index contributed by atoms with van der Waals surface area (Å²) in [7, 11) is 0. The Kier molecular flexibility index (Phi) is 6.38. The minimum atomic E-state index is -0.127. The zero-order valence-electron chi connectivity index (χ0n) is 11.6. The number of likely N-dealkylation sites (tertiary alicyclic amines) is 1. The van der Waals surface area contributed by atoms with Gasteiger partial charge in [0.25, 0.3) is 5.91 Å². The molecule has 1 N–H and O–H groups in total. The third kappa shape index (κ3) is 4.25. The largest absolute Gasteiger partial charge is 0.459 e. The molecule has 1 aromatic rings. The van der Waals surface area contributed by atoms with Crippen LogP contribution in [0.2, 0.25) is 0 Å². The summed E-state index contributed by atoms with van der Waals surface area (Å²) in [4.78, 5) is 14.2. The van der Waals surface area contributed by atoms with Crippen LogP contribution in [-0.4, -0.2) is 36.0 Å². The van der Waals surface area contributed by atoms with E-state index < -0.39 is 0 Å². The minimum Gasteiger partial charge on any atom is -0.459 e. The zero-order valence-corrected chi connectivity index (χ0v) is 12.4. The SMILES string of the molecule is CC1CCCC(C)N1CCNC(=O)c1ccco1.Cl. The molecule has 108 valence electrons. The standard InChI is InChI=1S/C14H22N2O2.ClH/c1-11-5-3-6-12(2)16(11)9-8-15-14(17)13-7-4-10-18-13;/h4,7,10-12H,3,5-6,8-9H2,1-2H3,(H,15,17);1H. The van der Waals surface area contributed by atoms with Crippen molar-refractivity contribution in [1.82, 2.24) is 10.2 Å². The lowest BCUT2D eigenvalue weighted by Gasteiger charge is -2.38. The molecule has 1 fully saturated rings. The maximum atomic E-state index is 11.7. The van der Waals surface area contributed by atoms with Gasteiger partial charge in [0.15, 0.2) is 5.76 Å². The lowest BCUT2D eigenvalue weighted by Crippen LogP contribution is -2.47. The van der Waals surface area contributed by atoms with Crippen molar-refractivity contribution >= 4 is 18.3 Å². The van der Waals surface area contributed by atoms with Crippen LogP contribution in [0.4, 0.5) is 0 Å². The maximum Gasteiger partial charge on any atom is 0.287 e. The normalized spacial score (nSPS) is 23.7. The summed E-state index contributed by atoms with van der Waals surface area (Å²) < 4.78 is 5.05. The predicted octanol–water partition coefficient (Wildman–Crippen LogP) is 2.69. The van der Waals surface area contributed by atoms with Gasteiger partial charge in [0, 0.05) is 25.2 Å². The minimum absolute atomic E-state index is 0. The first-order chi connectivity index (χ1) is 8.68. The van der Waals surface area contributed by atoms with E-state index in [1.165, 1.54) is 25.5 Å². The second-order valence-electron chi connectivity index (χ2n) is 5.10. The van der Waals surface area contributed by atoms with E-state index in [2.05, 4.69) is 24.1 Å². The molecular weight excluding hydrogens is 264 g/mol. The summed E-state index contributed by atoms with van der Waals surface area (Å²) in [6.45, 7) is 6.12. The smallest absolute Gasteiger partial charge is 0.287 e. The molecule has 0 bridgehead atoms. The average molecular weight is 287 g/mol. The van der Waals surface area contributed by atoms with E-state index in [1.54, 1.807) is 12.1 Å². The molecule has 4 nitrogen and oxygen atoms in total. The molecule has 0 aromatic carbocycles. The molecule has 0 saturated carbocycles. The van der Waals surface area contributed by atoms with Crippen molar-refractivity contribution in [1.29, 1.82) is 0 Å². The Morgan fingerprint density at radius 3 is 2.68 bits per heavy atom. The van der Waals surface area contributed by atoms with Crippen LogP contribution < -0.4 is 5.32 Å². The maximum absolute atomic E-state index is 11.7. The molecule has 0 aliphatic carbocycles. The Morgan fingerprint density at radius 2 is 2.11 bits per heavy atom. The molecule has 1 aliphatic rings. The van der Waals surface area contributed by atoms with Crippen LogP contribution in [0.15, 0.2) is 22.8 Å². The predicted molar refractivity (Wildman–Crippen MR) is 77.8 cm³/mol. The topological polar surface area (TPSA) is 45.5 Å². The van der Waals surface area contributed by atoms with Crippen molar-refractivity contribution in [2.75, 3.05) is 13.1 Å². The summed E-state index contributed by atoms with van der Waals surface area (Å²) in [5.74, 6) is 0.257. The first-order valence-electron chi connectivity index (χ1n) is 6.76. The van der Waals surface area contributed by atoms with Crippen molar-refractivity contribution < 1.29 is 9.21 Å². The fraction of sp³-hybridized carbons (Fsp3) is 0.643. The molecular formula is C14H23ClN2O2. The number of nitrogens with zero attached hydrogens (tertiary/aromatic N) is 1. The molecule has 0 spiro atoms. The number of nitrogens with one attached hydrogen (secondary N) is 1. The second kappa shape index (κ2) is 7.56. The van der Waals surface area contributed by atoms with Gasteiger partial charge in [-0.05, 0) is 38.8 Å². The molecule has 19 heavy (non-hydrogen) atoms. The Morgan fingerprint density at radius 1 is 1.42 bits per heavy atom. The van der Waals surface area contributed by atoms with E-state index in [-0.39, 0.29) is 18.3 Å². The van der Waals surface area contributed by atoms with Gasteiger partial charge in [-0.1, -0.05) is 6.42 Å². The second-order valence-corrected chi connectivity index (χ2v) is 5.10. The lowest BCUT2D eigenvalue weighted by atomic mass is 9.98. The van der Waals surface area contributed by atoms with Gasteiger partial charge in [0.05, 0.1) is 6.26 Å². The molecule has 2 rings (SSSR count). The molecule has 1 aromatic heterocycles. The van der Waals surface area contributed by atoms with Crippen LogP contribution in [0, 0.1) is 0 Å². The van der Waals surface area contributed by atoms with E-state index in [0.29, 0.717) is 24.4 Å². The van der Waals surface area contributed by atoms with Crippen molar-refractivity contribution in [3.05, 3.63) is 24.2 Å². The van der Waals surface area contributed by atoms with Gasteiger partial charge < -0.3 is 9.73 Å². The molecule has 2 unspecified atom stereocenters. The third-order valence-electron chi connectivity index (χ3n) is 3.78. The van der Waals surface area contributed by atoms with Crippen molar-refractivity contribution in [2.45, 2.75) is 45.2 Å². The van der Waals surface area contributed by atoms with Gasteiger partial charge in [0.2, 0.25) is 0 Å². The van der Waals surface area contributed by atoms with Crippen molar-refractivity contribution in [2.24, 2.45) is 0 Å². The van der Waals surface area contributed by atoms with E-state index in [9.17, 15) is 4.79 Å². The first-order valence-corrected chi connectivity index (χ1v) is 6.76. The summed E-state index contributed by atoms with van der Waals surface area (Å²) in [5, 5.41) is 2.90. The van der Waals surface area contributed by atoms with Crippen LogP contribution >= 0.6 is 12.4 Å². The third-order valence-corrected chi connectivity index (χ3v) is 3.78. The Hall–Kier alpha value is -1.00. The quantitative estimate of drug-likeness (QED) is 0.926. The fourth-order valence-corrected chi connectivity index (χ4v) is 2.71. The molecule has 1 saturated heterocycles. The Balaban J connectivity index is 0.00000180. The van der Waals surface area contributed by atoms with Gasteiger partial charge >= 0.3 is 0 Å². The summed E-state index contributed by atoms with van der Waals surface area (Å²) >= 11 is 0. The van der Waals surface area contributed by atoms with Gasteiger partial charge in [0.1, 0.15) is 0 Å². The Labute approximate surface area is 120 Å². The number of hydrogen-bond acceptors (Lipinski definition) is 3. The highest BCUT2D eigenvalue weighted by atomic mass is 35.5. The Bertz CT molecular complexity index is 371. The number of piperidine rings is 1. The molecule has 0 radical (unpaired) electrons. The van der Waals surface area contributed by atoms with Crippen LogP contribution in [0.5, 0.6) is 0 Å². The molecule has 1 aliphatic heterocycles. The number of carbonyl (C=O) groups is 1. The van der Waals surface area contributed by atoms with Gasteiger partial charge in [-0.2, -0.15) is 0 Å². The van der Waals surface area contributed by atoms with Gasteiger partial charge in [-0.25, -0.2) is 0 Å². The van der Waals surface area contributed by atoms with Crippen LogP contribution in [0.3, 0.4) is 0 Å². The van der Waals surface area contributed by atoms with Crippen molar-refractivity contribution in [3.63, 3.8) is 0 Å². The highest BCUT2D eigenvalue weighted by Gasteiger charge is 2.24. The molecule has 2 heterocycles. The van der Waals surface area contributed by atoms with Gasteiger partial charge in [-0.15, -0.1) is 12.4 Å². The summed E-state index contributed by atoms with van der Waals surface area (Å²) in [5.41, 5.74) is 0. The number of amides is 1. The number of halogens is 1.